The minimum absolute atomic E-state index is 0.0568. The molecule has 1 amide bonds. The first-order chi connectivity index (χ1) is 19.5. The number of carboxylic acids is 1. The number of benzene rings is 3. The van der Waals surface area contributed by atoms with Crippen molar-refractivity contribution >= 4 is 11.9 Å². The summed E-state index contributed by atoms with van der Waals surface area (Å²) >= 11 is 0. The average Bonchev–Trinajstić information content (AvgIpc) is 2.99. The number of hydrogen-bond acceptors (Lipinski definition) is 5. The zero-order chi connectivity index (χ0) is 28.3. The maximum absolute atomic E-state index is 12.8. The van der Waals surface area contributed by atoms with E-state index in [0.29, 0.717) is 13.2 Å². The summed E-state index contributed by atoms with van der Waals surface area (Å²) in [6, 6.07) is 24.1. The molecular weight excluding hydrogens is 504 g/mol. The molecule has 1 saturated heterocycles. The Bertz CT molecular complexity index is 1240. The smallest absolute Gasteiger partial charge is 0.303 e. The number of nitrogens with zero attached hydrogens (tertiary/aromatic N) is 2. The van der Waals surface area contributed by atoms with Crippen molar-refractivity contribution in [3.63, 3.8) is 0 Å². The minimum Gasteiger partial charge on any atom is -0.493 e. The van der Waals surface area contributed by atoms with Crippen LogP contribution in [0.1, 0.15) is 53.6 Å². The van der Waals surface area contributed by atoms with Crippen molar-refractivity contribution in [2.24, 2.45) is 0 Å². The molecule has 1 atom stereocenters. The second-order valence-corrected chi connectivity index (χ2v) is 10.3. The van der Waals surface area contributed by atoms with Crippen LogP contribution in [0.15, 0.2) is 72.8 Å². The molecule has 0 saturated carbocycles. The van der Waals surface area contributed by atoms with E-state index in [-0.39, 0.29) is 18.2 Å². The van der Waals surface area contributed by atoms with Crippen molar-refractivity contribution in [3.05, 3.63) is 89.5 Å². The summed E-state index contributed by atoms with van der Waals surface area (Å²) in [5.74, 6) is 0.0190. The van der Waals surface area contributed by atoms with Crippen LogP contribution in [-0.2, 0) is 16.1 Å². The molecule has 7 nitrogen and oxygen atoms in total. The summed E-state index contributed by atoms with van der Waals surface area (Å²) in [5.41, 5.74) is 5.00. The lowest BCUT2D eigenvalue weighted by Crippen LogP contribution is -2.48. The Morgan fingerprint density at radius 1 is 0.925 bits per heavy atom. The zero-order valence-electron chi connectivity index (χ0n) is 23.6. The fourth-order valence-corrected chi connectivity index (χ4v) is 5.17. The number of hydrogen-bond donors (Lipinski definition) is 1. The first kappa shape index (κ1) is 29.3. The number of methoxy groups -OCH3 is 1. The first-order valence-corrected chi connectivity index (χ1v) is 14.1. The summed E-state index contributed by atoms with van der Waals surface area (Å²) in [5, 5.41) is 9.34. The number of aliphatic carboxylic acids is 1. The summed E-state index contributed by atoms with van der Waals surface area (Å²) in [6.45, 7) is 7.13. The molecule has 40 heavy (non-hydrogen) atoms. The quantitative estimate of drug-likeness (QED) is 0.278. The molecule has 0 aliphatic carbocycles. The molecule has 3 aromatic rings. The largest absolute Gasteiger partial charge is 0.493 e. The number of carbonyl (C=O) groups is 2. The van der Waals surface area contributed by atoms with Gasteiger partial charge in [-0.25, -0.2) is 0 Å². The molecule has 0 radical (unpaired) electrons. The summed E-state index contributed by atoms with van der Waals surface area (Å²) in [4.78, 5) is 28.4. The van der Waals surface area contributed by atoms with Crippen LogP contribution in [0, 0.1) is 0 Å². The number of rotatable bonds is 13. The zero-order valence-corrected chi connectivity index (χ0v) is 23.6. The van der Waals surface area contributed by atoms with E-state index in [1.807, 2.05) is 60.4 Å². The van der Waals surface area contributed by atoms with Gasteiger partial charge in [0.05, 0.1) is 13.0 Å². The van der Waals surface area contributed by atoms with Gasteiger partial charge in [0, 0.05) is 64.0 Å². The highest BCUT2D eigenvalue weighted by Crippen LogP contribution is 2.35. The van der Waals surface area contributed by atoms with Crippen LogP contribution in [0.5, 0.6) is 5.75 Å². The Hall–Kier alpha value is -3.68. The molecule has 1 aliphatic rings. The number of ether oxygens (including phenoxy) is 2. The molecule has 0 bridgehead atoms. The van der Waals surface area contributed by atoms with E-state index in [1.54, 1.807) is 7.11 Å². The van der Waals surface area contributed by atoms with Crippen LogP contribution in [-0.4, -0.2) is 73.3 Å². The van der Waals surface area contributed by atoms with Crippen molar-refractivity contribution in [3.8, 4) is 16.9 Å². The fourth-order valence-electron chi connectivity index (χ4n) is 5.17. The maximum Gasteiger partial charge on any atom is 0.303 e. The fraction of sp³-hybridized carbons (Fsp3) is 0.394. The van der Waals surface area contributed by atoms with Gasteiger partial charge in [0.25, 0.3) is 5.91 Å². The van der Waals surface area contributed by atoms with Gasteiger partial charge in [0.2, 0.25) is 0 Å². The topological polar surface area (TPSA) is 79.3 Å². The van der Waals surface area contributed by atoms with Crippen molar-refractivity contribution in [1.29, 1.82) is 0 Å². The molecule has 0 spiro atoms. The monoisotopic (exact) mass is 544 g/mol. The predicted octanol–water partition coefficient (Wildman–Crippen LogP) is 5.70. The van der Waals surface area contributed by atoms with Crippen molar-refractivity contribution < 1.29 is 24.2 Å². The molecule has 212 valence electrons. The third-order valence-electron chi connectivity index (χ3n) is 7.49. The SMILES string of the molecule is CCC(CC(=O)O)c1ccc(-c2ccc(CN3CCN(C(=O)c4ccccc4)CC3)cc2)c(OCCCOC)c1. The molecule has 7 heteroatoms. The van der Waals surface area contributed by atoms with E-state index < -0.39 is 5.97 Å². The third kappa shape index (κ3) is 7.93. The van der Waals surface area contributed by atoms with Crippen molar-refractivity contribution in [2.75, 3.05) is 46.5 Å². The van der Waals surface area contributed by atoms with E-state index in [9.17, 15) is 14.7 Å². The molecule has 1 unspecified atom stereocenters. The van der Waals surface area contributed by atoms with Gasteiger partial charge < -0.3 is 19.5 Å². The summed E-state index contributed by atoms with van der Waals surface area (Å²) < 4.78 is 11.3. The summed E-state index contributed by atoms with van der Waals surface area (Å²) in [6.07, 6.45) is 1.62. The van der Waals surface area contributed by atoms with Gasteiger partial charge in [-0.1, -0.05) is 61.5 Å². The third-order valence-corrected chi connectivity index (χ3v) is 7.49. The lowest BCUT2D eigenvalue weighted by atomic mass is 9.91. The molecule has 4 rings (SSSR count). The van der Waals surface area contributed by atoms with E-state index >= 15 is 0 Å². The number of piperazine rings is 1. The molecule has 1 fully saturated rings. The van der Waals surface area contributed by atoms with E-state index in [1.165, 1.54) is 5.56 Å². The van der Waals surface area contributed by atoms with Crippen molar-refractivity contribution in [1.82, 2.24) is 9.80 Å². The molecule has 1 N–H and O–H groups in total. The molecule has 3 aromatic carbocycles. The van der Waals surface area contributed by atoms with Gasteiger partial charge in [-0.15, -0.1) is 0 Å². The Labute approximate surface area is 237 Å². The van der Waals surface area contributed by atoms with Crippen LogP contribution in [0.4, 0.5) is 0 Å². The summed E-state index contributed by atoms with van der Waals surface area (Å²) in [7, 11) is 1.68. The Balaban J connectivity index is 1.41. The lowest BCUT2D eigenvalue weighted by Gasteiger charge is -2.34. The maximum atomic E-state index is 12.8. The van der Waals surface area contributed by atoms with Gasteiger partial charge in [-0.3, -0.25) is 14.5 Å². The highest BCUT2D eigenvalue weighted by atomic mass is 16.5. The lowest BCUT2D eigenvalue weighted by molar-refractivity contribution is -0.137. The predicted molar refractivity (Wildman–Crippen MR) is 157 cm³/mol. The van der Waals surface area contributed by atoms with Gasteiger partial charge in [-0.05, 0) is 47.2 Å². The second kappa shape index (κ2) is 14.6. The van der Waals surface area contributed by atoms with Crippen LogP contribution in [0.25, 0.3) is 11.1 Å². The van der Waals surface area contributed by atoms with Crippen LogP contribution < -0.4 is 4.74 Å². The Morgan fingerprint density at radius 3 is 2.30 bits per heavy atom. The molecular formula is C33H40N2O5. The standard InChI is InChI=1S/C33H40N2O5/c1-3-26(23-32(36)37)29-14-15-30(31(22-29)40-21-7-20-39-2)27-12-10-25(11-13-27)24-34-16-18-35(19-17-34)33(38)28-8-5-4-6-9-28/h4-6,8-15,22,26H,3,7,16-21,23-24H2,1-2H3,(H,36,37). The van der Waals surface area contributed by atoms with Crippen LogP contribution in [0.2, 0.25) is 0 Å². The van der Waals surface area contributed by atoms with Gasteiger partial charge in [-0.2, -0.15) is 0 Å². The minimum atomic E-state index is -0.793. The highest BCUT2D eigenvalue weighted by Gasteiger charge is 2.22. The second-order valence-electron chi connectivity index (χ2n) is 10.3. The van der Waals surface area contributed by atoms with Gasteiger partial charge >= 0.3 is 5.97 Å². The molecule has 0 aromatic heterocycles. The number of amides is 1. The highest BCUT2D eigenvalue weighted by molar-refractivity contribution is 5.94. The Kier molecular flexibility index (Phi) is 10.7. The van der Waals surface area contributed by atoms with Crippen LogP contribution in [0.3, 0.4) is 0 Å². The van der Waals surface area contributed by atoms with E-state index in [0.717, 1.165) is 73.6 Å². The van der Waals surface area contributed by atoms with E-state index in [4.69, 9.17) is 9.47 Å². The Morgan fingerprint density at radius 2 is 1.65 bits per heavy atom. The first-order valence-electron chi connectivity index (χ1n) is 14.1. The molecule has 1 heterocycles. The normalized spacial score (nSPS) is 14.6. The van der Waals surface area contributed by atoms with Crippen molar-refractivity contribution in [2.45, 2.75) is 38.6 Å². The van der Waals surface area contributed by atoms with Gasteiger partial charge in [0.15, 0.2) is 0 Å². The molecule has 1 aliphatic heterocycles. The number of carbonyl (C=O) groups excluding carboxylic acids is 1. The average molecular weight is 545 g/mol. The van der Waals surface area contributed by atoms with Crippen LogP contribution >= 0.6 is 0 Å². The van der Waals surface area contributed by atoms with E-state index in [2.05, 4.69) is 29.2 Å². The number of carboxylic acid groups (broad SMARTS) is 1. The van der Waals surface area contributed by atoms with Gasteiger partial charge in [0.1, 0.15) is 5.75 Å².